The summed E-state index contributed by atoms with van der Waals surface area (Å²) in [6, 6.07) is 7.81. The molecule has 1 aromatic carbocycles. The van der Waals surface area contributed by atoms with Gasteiger partial charge in [0.1, 0.15) is 11.9 Å². The van der Waals surface area contributed by atoms with E-state index in [-0.39, 0.29) is 0 Å². The minimum Gasteiger partial charge on any atom is -0.389 e. The van der Waals surface area contributed by atoms with Gasteiger partial charge in [0, 0.05) is 30.7 Å². The Balaban J connectivity index is 2.01. The third-order valence-corrected chi connectivity index (χ3v) is 4.02. The van der Waals surface area contributed by atoms with E-state index < -0.39 is 5.60 Å². The van der Waals surface area contributed by atoms with Gasteiger partial charge in [0.05, 0.1) is 34.3 Å². The molecule has 0 saturated carbocycles. The molecule has 25 heavy (non-hydrogen) atoms. The molecule has 0 aliphatic rings. The van der Waals surface area contributed by atoms with Crippen molar-refractivity contribution in [3.63, 3.8) is 0 Å². The number of fused-ring (bicyclic) bond motifs is 1. The SMILES string of the molecule is Cc1nc(-c2c[nH]c3c(C#N)cccc23)cnc1N(C)CC(C)(C)O. The summed E-state index contributed by atoms with van der Waals surface area (Å²) >= 11 is 0. The number of aryl methyl sites for hydroxylation is 1. The van der Waals surface area contributed by atoms with Gasteiger partial charge in [-0.2, -0.15) is 5.26 Å². The molecule has 0 bridgehead atoms. The smallest absolute Gasteiger partial charge is 0.149 e. The van der Waals surface area contributed by atoms with Gasteiger partial charge >= 0.3 is 0 Å². The van der Waals surface area contributed by atoms with Crippen LogP contribution in [0.3, 0.4) is 0 Å². The molecule has 3 aromatic rings. The lowest BCUT2D eigenvalue weighted by Crippen LogP contribution is -2.37. The molecule has 2 N–H and O–H groups in total. The van der Waals surface area contributed by atoms with Crippen LogP contribution in [0.25, 0.3) is 22.2 Å². The van der Waals surface area contributed by atoms with Crippen LogP contribution in [-0.2, 0) is 0 Å². The van der Waals surface area contributed by atoms with E-state index in [9.17, 15) is 10.4 Å². The topological polar surface area (TPSA) is 88.8 Å². The standard InChI is InChI=1S/C19H21N5O/c1-12-18(24(4)11-19(2,3)25)22-10-16(23-12)15-9-21-17-13(8-20)6-5-7-14(15)17/h5-7,9-10,21,25H,11H2,1-4H3. The number of nitriles is 1. The maximum Gasteiger partial charge on any atom is 0.149 e. The molecule has 2 aromatic heterocycles. The molecule has 0 aliphatic carbocycles. The van der Waals surface area contributed by atoms with E-state index >= 15 is 0 Å². The van der Waals surface area contributed by atoms with E-state index in [0.29, 0.717) is 12.1 Å². The van der Waals surface area contributed by atoms with Gasteiger partial charge in [-0.05, 0) is 26.8 Å². The normalized spacial score (nSPS) is 11.5. The van der Waals surface area contributed by atoms with Gasteiger partial charge in [-0.25, -0.2) is 9.97 Å². The second-order valence-corrected chi connectivity index (χ2v) is 6.88. The highest BCUT2D eigenvalue weighted by Gasteiger charge is 2.19. The van der Waals surface area contributed by atoms with Gasteiger partial charge in [-0.3, -0.25) is 0 Å². The number of aromatic nitrogens is 3. The third kappa shape index (κ3) is 3.32. The van der Waals surface area contributed by atoms with Crippen molar-refractivity contribution in [2.24, 2.45) is 0 Å². The lowest BCUT2D eigenvalue weighted by atomic mass is 10.1. The average Bonchev–Trinajstić information content (AvgIpc) is 2.96. The molecule has 0 atom stereocenters. The highest BCUT2D eigenvalue weighted by Crippen LogP contribution is 2.30. The highest BCUT2D eigenvalue weighted by atomic mass is 16.3. The Labute approximate surface area is 146 Å². The number of H-pyrrole nitrogens is 1. The van der Waals surface area contributed by atoms with Crippen LogP contribution in [0.1, 0.15) is 25.1 Å². The minimum absolute atomic E-state index is 0.459. The van der Waals surface area contributed by atoms with Gasteiger partial charge in [0.15, 0.2) is 0 Å². The van der Waals surface area contributed by atoms with Gasteiger partial charge in [0.25, 0.3) is 0 Å². The largest absolute Gasteiger partial charge is 0.389 e. The molecule has 0 aliphatic heterocycles. The Hall–Kier alpha value is -2.91. The summed E-state index contributed by atoms with van der Waals surface area (Å²) in [4.78, 5) is 14.3. The molecule has 0 amide bonds. The predicted molar refractivity (Wildman–Crippen MR) is 98.3 cm³/mol. The zero-order chi connectivity index (χ0) is 18.2. The van der Waals surface area contributed by atoms with E-state index in [1.54, 1.807) is 26.1 Å². The van der Waals surface area contributed by atoms with Crippen molar-refractivity contribution in [1.82, 2.24) is 15.0 Å². The number of likely N-dealkylation sites (N-methyl/N-ethyl adjacent to an activating group) is 1. The molecule has 128 valence electrons. The maximum atomic E-state index is 9.99. The van der Waals surface area contributed by atoms with Crippen molar-refractivity contribution < 1.29 is 5.11 Å². The van der Waals surface area contributed by atoms with Crippen molar-refractivity contribution in [2.75, 3.05) is 18.5 Å². The number of anilines is 1. The number of aromatic amines is 1. The van der Waals surface area contributed by atoms with Gasteiger partial charge in [0.2, 0.25) is 0 Å². The van der Waals surface area contributed by atoms with Gasteiger partial charge in [-0.15, -0.1) is 0 Å². The van der Waals surface area contributed by atoms with Crippen LogP contribution in [0.4, 0.5) is 5.82 Å². The second kappa shape index (κ2) is 6.19. The zero-order valence-electron chi connectivity index (χ0n) is 14.8. The van der Waals surface area contributed by atoms with E-state index in [2.05, 4.69) is 21.0 Å². The van der Waals surface area contributed by atoms with Gasteiger partial charge < -0.3 is 15.0 Å². The predicted octanol–water partition coefficient (Wildman–Crippen LogP) is 3.01. The number of para-hydroxylation sites is 1. The van der Waals surface area contributed by atoms with Crippen LogP contribution < -0.4 is 4.90 Å². The summed E-state index contributed by atoms with van der Waals surface area (Å²) in [5, 5.41) is 20.2. The number of hydrogen-bond acceptors (Lipinski definition) is 5. The average molecular weight is 335 g/mol. The lowest BCUT2D eigenvalue weighted by Gasteiger charge is -2.27. The number of nitrogens with zero attached hydrogens (tertiary/aromatic N) is 4. The Morgan fingerprint density at radius 2 is 2.12 bits per heavy atom. The molecule has 2 heterocycles. The fourth-order valence-electron chi connectivity index (χ4n) is 3.09. The summed E-state index contributed by atoms with van der Waals surface area (Å²) in [5.74, 6) is 0.739. The van der Waals surface area contributed by atoms with Crippen LogP contribution >= 0.6 is 0 Å². The first-order valence-corrected chi connectivity index (χ1v) is 8.08. The maximum absolute atomic E-state index is 9.99. The van der Waals surface area contributed by atoms with E-state index in [4.69, 9.17) is 0 Å². The molecule has 6 nitrogen and oxygen atoms in total. The number of hydrogen-bond donors (Lipinski definition) is 2. The summed E-state index contributed by atoms with van der Waals surface area (Å²) in [5.41, 5.74) is 3.05. The van der Waals surface area contributed by atoms with E-state index in [1.165, 1.54) is 0 Å². The van der Waals surface area contributed by atoms with Gasteiger partial charge in [-0.1, -0.05) is 12.1 Å². The van der Waals surface area contributed by atoms with Crippen molar-refractivity contribution in [3.05, 3.63) is 41.9 Å². The molecular formula is C19H21N5O. The Kier molecular flexibility index (Phi) is 4.19. The van der Waals surface area contributed by atoms with Crippen molar-refractivity contribution >= 4 is 16.7 Å². The summed E-state index contributed by atoms with van der Waals surface area (Å²) in [6.45, 7) is 5.89. The fourth-order valence-corrected chi connectivity index (χ4v) is 3.09. The first-order valence-electron chi connectivity index (χ1n) is 8.08. The Morgan fingerprint density at radius 1 is 1.36 bits per heavy atom. The van der Waals surface area contributed by atoms with Crippen LogP contribution in [0.2, 0.25) is 0 Å². The molecule has 0 spiro atoms. The van der Waals surface area contributed by atoms with Crippen LogP contribution in [0, 0.1) is 18.3 Å². The van der Waals surface area contributed by atoms with Crippen molar-refractivity contribution in [3.8, 4) is 17.3 Å². The van der Waals surface area contributed by atoms with Crippen molar-refractivity contribution in [1.29, 1.82) is 5.26 Å². The van der Waals surface area contributed by atoms with E-state index in [0.717, 1.165) is 33.7 Å². The number of aliphatic hydroxyl groups is 1. The molecule has 6 heteroatoms. The zero-order valence-corrected chi connectivity index (χ0v) is 14.8. The van der Waals surface area contributed by atoms with Crippen LogP contribution in [0.15, 0.2) is 30.6 Å². The third-order valence-electron chi connectivity index (χ3n) is 4.02. The van der Waals surface area contributed by atoms with E-state index in [1.807, 2.05) is 37.2 Å². The Morgan fingerprint density at radius 3 is 2.76 bits per heavy atom. The lowest BCUT2D eigenvalue weighted by molar-refractivity contribution is 0.0884. The Bertz CT molecular complexity index is 962. The molecule has 0 saturated heterocycles. The summed E-state index contributed by atoms with van der Waals surface area (Å²) in [7, 11) is 1.89. The molecule has 0 fully saturated rings. The van der Waals surface area contributed by atoms with Crippen LogP contribution in [0.5, 0.6) is 0 Å². The summed E-state index contributed by atoms with van der Waals surface area (Å²) in [6.07, 6.45) is 3.58. The number of benzene rings is 1. The second-order valence-electron chi connectivity index (χ2n) is 6.88. The first kappa shape index (κ1) is 16.9. The first-order chi connectivity index (χ1) is 11.8. The minimum atomic E-state index is -0.813. The highest BCUT2D eigenvalue weighted by molar-refractivity contribution is 5.97. The van der Waals surface area contributed by atoms with Crippen LogP contribution in [-0.4, -0.2) is 39.3 Å². The monoisotopic (exact) mass is 335 g/mol. The number of rotatable bonds is 4. The fraction of sp³-hybridized carbons (Fsp3) is 0.316. The molecule has 0 unspecified atom stereocenters. The number of nitrogens with one attached hydrogen (secondary N) is 1. The molecule has 0 radical (unpaired) electrons. The van der Waals surface area contributed by atoms with Crippen molar-refractivity contribution in [2.45, 2.75) is 26.4 Å². The molecule has 3 rings (SSSR count). The quantitative estimate of drug-likeness (QED) is 0.765. The summed E-state index contributed by atoms with van der Waals surface area (Å²) < 4.78 is 0. The molecular weight excluding hydrogens is 314 g/mol.